The number of hydrogen-bond donors (Lipinski definition) is 0. The van der Waals surface area contributed by atoms with Gasteiger partial charge in [-0.3, -0.25) is 0 Å². The van der Waals surface area contributed by atoms with Crippen molar-refractivity contribution in [2.24, 2.45) is 7.05 Å². The van der Waals surface area contributed by atoms with Crippen LogP contribution in [0.1, 0.15) is 26.6 Å². The van der Waals surface area contributed by atoms with E-state index in [1.165, 1.54) is 0 Å². The van der Waals surface area contributed by atoms with Crippen molar-refractivity contribution in [3.8, 4) is 0 Å². The predicted octanol–water partition coefficient (Wildman–Crippen LogP) is 1.09. The Kier molecular flexibility index (Phi) is 2.47. The van der Waals surface area contributed by atoms with Crippen molar-refractivity contribution in [1.82, 2.24) is 14.8 Å². The molecular weight excluding hydrogens is 154 g/mol. The summed E-state index contributed by atoms with van der Waals surface area (Å²) in [6.45, 7) is 6.62. The van der Waals surface area contributed by atoms with Crippen LogP contribution in [0.2, 0.25) is 0 Å². The molecule has 0 N–H and O–H groups in total. The van der Waals surface area contributed by atoms with Crippen molar-refractivity contribution in [2.75, 3.05) is 6.61 Å². The quantitative estimate of drug-likeness (QED) is 0.680. The fourth-order valence-electron chi connectivity index (χ4n) is 1.25. The summed E-state index contributed by atoms with van der Waals surface area (Å²) in [5.41, 5.74) is -0.347. The second-order valence-electron chi connectivity index (χ2n) is 3.21. The van der Waals surface area contributed by atoms with Crippen molar-refractivity contribution < 1.29 is 4.74 Å². The van der Waals surface area contributed by atoms with E-state index < -0.39 is 0 Å². The van der Waals surface area contributed by atoms with Crippen LogP contribution >= 0.6 is 0 Å². The van der Waals surface area contributed by atoms with E-state index in [-0.39, 0.29) is 5.60 Å². The lowest BCUT2D eigenvalue weighted by Gasteiger charge is -2.22. The summed E-state index contributed by atoms with van der Waals surface area (Å²) in [7, 11) is 1.91. The number of ether oxygens (including phenoxy) is 1. The molecule has 0 aliphatic carbocycles. The first-order valence-corrected chi connectivity index (χ1v) is 4.06. The zero-order chi connectivity index (χ0) is 9.19. The third-order valence-electron chi connectivity index (χ3n) is 1.76. The number of hydrogen-bond acceptors (Lipinski definition) is 3. The molecule has 0 aliphatic heterocycles. The lowest BCUT2D eigenvalue weighted by molar-refractivity contribution is -0.0229. The molecule has 0 atom stereocenters. The van der Waals surface area contributed by atoms with Crippen LogP contribution in [0.5, 0.6) is 0 Å². The van der Waals surface area contributed by atoms with Crippen LogP contribution in [0.3, 0.4) is 0 Å². The van der Waals surface area contributed by atoms with Gasteiger partial charge in [0.1, 0.15) is 11.9 Å². The summed E-state index contributed by atoms with van der Waals surface area (Å²) in [6, 6.07) is 0. The molecule has 4 heteroatoms. The molecular formula is C8H15N3O. The van der Waals surface area contributed by atoms with Gasteiger partial charge in [0.25, 0.3) is 0 Å². The van der Waals surface area contributed by atoms with Crippen molar-refractivity contribution >= 4 is 0 Å². The van der Waals surface area contributed by atoms with Crippen molar-refractivity contribution in [3.05, 3.63) is 12.2 Å². The average molecular weight is 169 g/mol. The highest BCUT2D eigenvalue weighted by atomic mass is 16.5. The van der Waals surface area contributed by atoms with Gasteiger partial charge in [-0.15, -0.1) is 10.2 Å². The molecule has 12 heavy (non-hydrogen) atoms. The molecule has 4 nitrogen and oxygen atoms in total. The minimum absolute atomic E-state index is 0.347. The van der Waals surface area contributed by atoms with Gasteiger partial charge in [0.05, 0.1) is 0 Å². The van der Waals surface area contributed by atoms with E-state index in [4.69, 9.17) is 4.74 Å². The summed E-state index contributed by atoms with van der Waals surface area (Å²) >= 11 is 0. The molecule has 1 aromatic rings. The summed E-state index contributed by atoms with van der Waals surface area (Å²) in [6.07, 6.45) is 1.68. The maximum Gasteiger partial charge on any atom is 0.164 e. The molecule has 0 saturated heterocycles. The van der Waals surface area contributed by atoms with E-state index in [1.807, 2.05) is 32.4 Å². The van der Waals surface area contributed by atoms with Crippen molar-refractivity contribution in [3.63, 3.8) is 0 Å². The van der Waals surface area contributed by atoms with E-state index in [9.17, 15) is 0 Å². The SMILES string of the molecule is CCOC(C)(C)c1nncn1C. The van der Waals surface area contributed by atoms with E-state index in [2.05, 4.69) is 10.2 Å². The zero-order valence-corrected chi connectivity index (χ0v) is 8.03. The Morgan fingerprint density at radius 1 is 1.58 bits per heavy atom. The molecule has 0 saturated carbocycles. The smallest absolute Gasteiger partial charge is 0.164 e. The first kappa shape index (κ1) is 9.19. The number of rotatable bonds is 3. The summed E-state index contributed by atoms with van der Waals surface area (Å²) in [5.74, 6) is 0.851. The van der Waals surface area contributed by atoms with E-state index in [0.29, 0.717) is 6.61 Å². The highest BCUT2D eigenvalue weighted by Crippen LogP contribution is 2.21. The maximum atomic E-state index is 5.53. The zero-order valence-electron chi connectivity index (χ0n) is 8.03. The van der Waals surface area contributed by atoms with E-state index in [0.717, 1.165) is 5.82 Å². The fourth-order valence-corrected chi connectivity index (χ4v) is 1.25. The van der Waals surface area contributed by atoms with Gasteiger partial charge in [0, 0.05) is 13.7 Å². The molecule has 0 unspecified atom stereocenters. The molecule has 68 valence electrons. The minimum atomic E-state index is -0.347. The molecule has 0 radical (unpaired) electrons. The summed E-state index contributed by atoms with van der Waals surface area (Å²) in [4.78, 5) is 0. The first-order chi connectivity index (χ1) is 5.58. The first-order valence-electron chi connectivity index (χ1n) is 4.06. The molecule has 0 aliphatic rings. The van der Waals surface area contributed by atoms with Crippen LogP contribution in [0, 0.1) is 0 Å². The van der Waals surface area contributed by atoms with Crippen LogP contribution in [-0.4, -0.2) is 21.4 Å². The Labute approximate surface area is 72.6 Å². The van der Waals surface area contributed by atoms with Crippen molar-refractivity contribution in [1.29, 1.82) is 0 Å². The predicted molar refractivity (Wildman–Crippen MR) is 45.7 cm³/mol. The highest BCUT2D eigenvalue weighted by molar-refractivity contribution is 4.97. The molecule has 0 aromatic carbocycles. The molecule has 0 fully saturated rings. The molecule has 0 amide bonds. The van der Waals surface area contributed by atoms with Gasteiger partial charge >= 0.3 is 0 Å². The van der Waals surface area contributed by atoms with Gasteiger partial charge in [-0.2, -0.15) is 0 Å². The van der Waals surface area contributed by atoms with Gasteiger partial charge in [-0.1, -0.05) is 0 Å². The fraction of sp³-hybridized carbons (Fsp3) is 0.750. The third-order valence-corrected chi connectivity index (χ3v) is 1.76. The lowest BCUT2D eigenvalue weighted by atomic mass is 10.1. The van der Waals surface area contributed by atoms with Gasteiger partial charge in [-0.05, 0) is 20.8 Å². The normalized spacial score (nSPS) is 12.0. The van der Waals surface area contributed by atoms with Crippen LogP contribution < -0.4 is 0 Å². The largest absolute Gasteiger partial charge is 0.368 e. The number of aromatic nitrogens is 3. The minimum Gasteiger partial charge on any atom is -0.368 e. The molecule has 0 bridgehead atoms. The summed E-state index contributed by atoms with van der Waals surface area (Å²) in [5, 5.41) is 7.80. The highest BCUT2D eigenvalue weighted by Gasteiger charge is 2.25. The standard InChI is InChI=1S/C8H15N3O/c1-5-12-8(2,3)7-10-9-6-11(7)4/h6H,5H2,1-4H3. The average Bonchev–Trinajstić information content (AvgIpc) is 2.35. The van der Waals surface area contributed by atoms with Gasteiger partial charge < -0.3 is 9.30 Å². The lowest BCUT2D eigenvalue weighted by Crippen LogP contribution is -2.25. The van der Waals surface area contributed by atoms with Crippen LogP contribution in [0.15, 0.2) is 6.33 Å². The third kappa shape index (κ3) is 1.64. The van der Waals surface area contributed by atoms with Crippen LogP contribution in [-0.2, 0) is 17.4 Å². The van der Waals surface area contributed by atoms with Gasteiger partial charge in [0.15, 0.2) is 5.82 Å². The molecule has 0 spiro atoms. The Bertz CT molecular complexity index is 255. The van der Waals surface area contributed by atoms with Crippen LogP contribution in [0.25, 0.3) is 0 Å². The molecule has 1 heterocycles. The maximum absolute atomic E-state index is 5.53. The van der Waals surface area contributed by atoms with Crippen LogP contribution in [0.4, 0.5) is 0 Å². The number of nitrogens with zero attached hydrogens (tertiary/aromatic N) is 3. The van der Waals surface area contributed by atoms with Gasteiger partial charge in [0.2, 0.25) is 0 Å². The topological polar surface area (TPSA) is 39.9 Å². The monoisotopic (exact) mass is 169 g/mol. The van der Waals surface area contributed by atoms with E-state index in [1.54, 1.807) is 6.33 Å². The second kappa shape index (κ2) is 3.23. The Hall–Kier alpha value is -0.900. The summed E-state index contributed by atoms with van der Waals surface area (Å²) < 4.78 is 7.40. The Morgan fingerprint density at radius 2 is 2.25 bits per heavy atom. The Balaban J connectivity index is 2.88. The molecule has 1 rings (SSSR count). The van der Waals surface area contributed by atoms with E-state index >= 15 is 0 Å². The Morgan fingerprint density at radius 3 is 2.67 bits per heavy atom. The molecule has 1 aromatic heterocycles. The van der Waals surface area contributed by atoms with Crippen molar-refractivity contribution in [2.45, 2.75) is 26.4 Å². The second-order valence-corrected chi connectivity index (χ2v) is 3.21. The van der Waals surface area contributed by atoms with Gasteiger partial charge in [-0.25, -0.2) is 0 Å². The number of aryl methyl sites for hydroxylation is 1.